The summed E-state index contributed by atoms with van der Waals surface area (Å²) in [7, 11) is 1.28. The Morgan fingerprint density at radius 3 is 2.12 bits per heavy atom. The van der Waals surface area contributed by atoms with Crippen LogP contribution in [0, 0.1) is 0 Å². The molecule has 0 bridgehead atoms. The summed E-state index contributed by atoms with van der Waals surface area (Å²) in [6.45, 7) is -0.0169. The second-order valence-corrected chi connectivity index (χ2v) is 7.89. The van der Waals surface area contributed by atoms with Crippen molar-refractivity contribution in [2.45, 2.75) is 24.4 Å². The third-order valence-corrected chi connectivity index (χ3v) is 5.99. The lowest BCUT2D eigenvalue weighted by Crippen LogP contribution is -2.46. The molecule has 2 unspecified atom stereocenters. The summed E-state index contributed by atoms with van der Waals surface area (Å²) in [6.07, 6.45) is 0.220. The third-order valence-electron chi connectivity index (χ3n) is 5.76. The number of amides is 2. The van der Waals surface area contributed by atoms with Crippen LogP contribution >= 0.6 is 11.6 Å². The van der Waals surface area contributed by atoms with Crippen LogP contribution in [0.4, 0.5) is 0 Å². The van der Waals surface area contributed by atoms with E-state index < -0.39 is 24.0 Å². The molecular formula is C24H27ClN2O5. The number of likely N-dealkylation sites (tertiary alicyclic amines) is 1. The minimum Gasteiger partial charge on any atom is -0.467 e. The van der Waals surface area contributed by atoms with Gasteiger partial charge in [-0.15, -0.1) is 11.6 Å². The molecule has 3 rings (SSSR count). The number of benzene rings is 2. The van der Waals surface area contributed by atoms with Crippen LogP contribution in [0.3, 0.4) is 0 Å². The van der Waals surface area contributed by atoms with E-state index >= 15 is 0 Å². The average Bonchev–Trinajstić information content (AvgIpc) is 3.28. The molecular weight excluding hydrogens is 432 g/mol. The summed E-state index contributed by atoms with van der Waals surface area (Å²) in [4.78, 5) is 41.8. The largest absolute Gasteiger partial charge is 0.467 e. The van der Waals surface area contributed by atoms with Gasteiger partial charge < -0.3 is 19.6 Å². The molecule has 0 radical (unpaired) electrons. The maximum atomic E-state index is 13.9. The zero-order valence-corrected chi connectivity index (χ0v) is 18.6. The van der Waals surface area contributed by atoms with E-state index in [4.69, 9.17) is 16.3 Å². The Morgan fingerprint density at radius 1 is 1.09 bits per heavy atom. The normalized spacial score (nSPS) is 17.9. The topological polar surface area (TPSA) is 87.2 Å². The highest BCUT2D eigenvalue weighted by molar-refractivity contribution is 6.27. The van der Waals surface area contributed by atoms with E-state index in [2.05, 4.69) is 0 Å². The Balaban J connectivity index is 1.98. The zero-order valence-electron chi connectivity index (χ0n) is 17.9. The number of nitrogens with zero attached hydrogens (tertiary/aromatic N) is 2. The summed E-state index contributed by atoms with van der Waals surface area (Å²) in [5.41, 5.74) is 1.61. The second-order valence-electron chi connectivity index (χ2n) is 7.62. The fraction of sp³-hybridized carbons (Fsp3) is 0.375. The van der Waals surface area contributed by atoms with E-state index in [1.54, 1.807) is 0 Å². The fourth-order valence-corrected chi connectivity index (χ4v) is 4.43. The van der Waals surface area contributed by atoms with Crippen molar-refractivity contribution in [2.75, 3.05) is 32.7 Å². The summed E-state index contributed by atoms with van der Waals surface area (Å²) in [5, 5.41) is 9.41. The Hall–Kier alpha value is -2.90. The SMILES string of the molecule is COC(=O)C1CC(N(CCO)C(=O)CCl)CN1C(=O)C(c1ccccc1)c1ccccc1. The lowest BCUT2D eigenvalue weighted by molar-refractivity contribution is -0.151. The van der Waals surface area contributed by atoms with E-state index in [1.807, 2.05) is 60.7 Å². The number of methoxy groups -OCH3 is 1. The van der Waals surface area contributed by atoms with Crippen molar-refractivity contribution >= 4 is 29.4 Å². The Morgan fingerprint density at radius 2 is 1.66 bits per heavy atom. The van der Waals surface area contributed by atoms with Crippen molar-refractivity contribution in [3.8, 4) is 0 Å². The van der Waals surface area contributed by atoms with Crippen molar-refractivity contribution in [3.63, 3.8) is 0 Å². The quantitative estimate of drug-likeness (QED) is 0.483. The number of hydrogen-bond donors (Lipinski definition) is 1. The summed E-state index contributed by atoms with van der Waals surface area (Å²) in [5.74, 6) is -2.00. The predicted octanol–water partition coefficient (Wildman–Crippen LogP) is 2.02. The maximum absolute atomic E-state index is 13.9. The Bertz CT molecular complexity index is 885. The van der Waals surface area contributed by atoms with Crippen molar-refractivity contribution in [2.24, 2.45) is 0 Å². The molecule has 1 N–H and O–H groups in total. The van der Waals surface area contributed by atoms with Crippen LogP contribution in [0.2, 0.25) is 0 Å². The van der Waals surface area contributed by atoms with Crippen molar-refractivity contribution in [1.82, 2.24) is 9.80 Å². The first-order valence-electron chi connectivity index (χ1n) is 10.5. The minimum atomic E-state index is -0.836. The van der Waals surface area contributed by atoms with Crippen LogP contribution in [0.1, 0.15) is 23.5 Å². The standard InChI is InChI=1S/C24H27ClN2O5/c1-32-24(31)20-14-19(26(12-13-28)21(29)15-25)16-27(20)23(30)22(17-8-4-2-5-9-17)18-10-6-3-7-11-18/h2-11,19-20,22,28H,12-16H2,1H3. The molecule has 2 atom stereocenters. The molecule has 2 aromatic rings. The number of halogens is 1. The van der Waals surface area contributed by atoms with Gasteiger partial charge in [-0.3, -0.25) is 9.59 Å². The van der Waals surface area contributed by atoms with Gasteiger partial charge in [0.2, 0.25) is 11.8 Å². The van der Waals surface area contributed by atoms with E-state index in [0.29, 0.717) is 0 Å². The van der Waals surface area contributed by atoms with Gasteiger partial charge in [-0.2, -0.15) is 0 Å². The summed E-state index contributed by atoms with van der Waals surface area (Å²) in [6, 6.07) is 17.5. The first kappa shape index (κ1) is 23.8. The number of alkyl halides is 1. The first-order chi connectivity index (χ1) is 15.5. The molecule has 1 fully saturated rings. The van der Waals surface area contributed by atoms with Crippen molar-refractivity contribution in [1.29, 1.82) is 0 Å². The van der Waals surface area contributed by atoms with E-state index in [9.17, 15) is 19.5 Å². The molecule has 1 saturated heterocycles. The number of aliphatic hydroxyl groups is 1. The maximum Gasteiger partial charge on any atom is 0.328 e. The van der Waals surface area contributed by atoms with E-state index in [-0.39, 0.29) is 43.8 Å². The highest BCUT2D eigenvalue weighted by Crippen LogP contribution is 2.32. The number of rotatable bonds is 8. The van der Waals surface area contributed by atoms with Gasteiger partial charge in [-0.05, 0) is 11.1 Å². The number of carbonyl (C=O) groups excluding carboxylic acids is 3. The molecule has 0 aliphatic carbocycles. The third kappa shape index (κ3) is 5.11. The molecule has 8 heteroatoms. The van der Waals surface area contributed by atoms with Gasteiger partial charge >= 0.3 is 5.97 Å². The average molecular weight is 459 g/mol. The molecule has 7 nitrogen and oxygen atoms in total. The Kier molecular flexibility index (Phi) is 8.25. The summed E-state index contributed by atoms with van der Waals surface area (Å²) >= 11 is 5.75. The number of esters is 1. The molecule has 0 spiro atoms. The Labute approximate surface area is 192 Å². The highest BCUT2D eigenvalue weighted by Gasteiger charge is 2.45. The number of carbonyl (C=O) groups is 3. The second kappa shape index (κ2) is 11.1. The molecule has 0 saturated carbocycles. The molecule has 2 amide bonds. The van der Waals surface area contributed by atoms with Gasteiger partial charge in [0.25, 0.3) is 0 Å². The van der Waals surface area contributed by atoms with Crippen LogP contribution in [0.25, 0.3) is 0 Å². The zero-order chi connectivity index (χ0) is 23.1. The van der Waals surface area contributed by atoms with Gasteiger partial charge in [-0.1, -0.05) is 60.7 Å². The van der Waals surface area contributed by atoms with Crippen LogP contribution in [0.15, 0.2) is 60.7 Å². The first-order valence-corrected chi connectivity index (χ1v) is 11.0. The van der Waals surface area contributed by atoms with Crippen molar-refractivity contribution < 1.29 is 24.2 Å². The summed E-state index contributed by atoms with van der Waals surface area (Å²) < 4.78 is 4.97. The van der Waals surface area contributed by atoms with Gasteiger partial charge in [0.15, 0.2) is 0 Å². The lowest BCUT2D eigenvalue weighted by atomic mass is 9.90. The molecule has 32 heavy (non-hydrogen) atoms. The number of ether oxygens (including phenoxy) is 1. The monoisotopic (exact) mass is 458 g/mol. The van der Waals surface area contributed by atoms with Gasteiger partial charge in [-0.25, -0.2) is 4.79 Å². The fourth-order valence-electron chi connectivity index (χ4n) is 4.27. The molecule has 2 aromatic carbocycles. The molecule has 1 aliphatic rings. The molecule has 1 aliphatic heterocycles. The molecule has 0 aromatic heterocycles. The van der Waals surface area contributed by atoms with Gasteiger partial charge in [0.1, 0.15) is 11.9 Å². The predicted molar refractivity (Wildman–Crippen MR) is 120 cm³/mol. The highest BCUT2D eigenvalue weighted by atomic mass is 35.5. The number of aliphatic hydroxyl groups excluding tert-OH is 1. The van der Waals surface area contributed by atoms with E-state index in [1.165, 1.54) is 16.9 Å². The van der Waals surface area contributed by atoms with E-state index in [0.717, 1.165) is 11.1 Å². The lowest BCUT2D eigenvalue weighted by Gasteiger charge is -2.29. The van der Waals surface area contributed by atoms with Crippen LogP contribution < -0.4 is 0 Å². The van der Waals surface area contributed by atoms with Crippen molar-refractivity contribution in [3.05, 3.63) is 71.8 Å². The van der Waals surface area contributed by atoms with Crippen LogP contribution in [-0.2, 0) is 19.1 Å². The smallest absolute Gasteiger partial charge is 0.328 e. The van der Waals surface area contributed by atoms with Crippen LogP contribution in [-0.4, -0.2) is 77.5 Å². The number of hydrogen-bond acceptors (Lipinski definition) is 5. The van der Waals surface area contributed by atoms with Crippen LogP contribution in [0.5, 0.6) is 0 Å². The minimum absolute atomic E-state index is 0.0763. The van der Waals surface area contributed by atoms with Gasteiger partial charge in [0, 0.05) is 19.5 Å². The molecule has 170 valence electrons. The van der Waals surface area contributed by atoms with Gasteiger partial charge in [0.05, 0.1) is 25.7 Å². The molecule has 1 heterocycles.